The van der Waals surface area contributed by atoms with E-state index in [1.807, 2.05) is 0 Å². The molecule has 0 spiro atoms. The SMILES string of the molecule is Cc1cn(C)c(NC2C3(C)CCC(C3)C2(C)C)n1. The Kier molecular flexibility index (Phi) is 2.36. The molecule has 1 N–H and O–H groups in total. The van der Waals surface area contributed by atoms with E-state index in [9.17, 15) is 0 Å². The van der Waals surface area contributed by atoms with Crippen molar-refractivity contribution in [1.29, 1.82) is 0 Å². The fraction of sp³-hybridized carbons (Fsp3) is 0.800. The predicted molar refractivity (Wildman–Crippen MR) is 74.6 cm³/mol. The zero-order chi connectivity index (χ0) is 13.1. The Morgan fingerprint density at radius 3 is 2.61 bits per heavy atom. The molecule has 1 aromatic rings. The summed E-state index contributed by atoms with van der Waals surface area (Å²) in [4.78, 5) is 4.61. The van der Waals surface area contributed by atoms with Gasteiger partial charge in [-0.25, -0.2) is 4.98 Å². The lowest BCUT2D eigenvalue weighted by atomic mass is 9.68. The molecular weight excluding hydrogens is 222 g/mol. The minimum absolute atomic E-state index is 0.382. The third-order valence-corrected chi connectivity index (χ3v) is 5.54. The molecule has 3 heteroatoms. The molecule has 0 radical (unpaired) electrons. The van der Waals surface area contributed by atoms with E-state index in [1.54, 1.807) is 0 Å². The van der Waals surface area contributed by atoms with Gasteiger partial charge in [0.05, 0.1) is 5.69 Å². The van der Waals surface area contributed by atoms with Crippen LogP contribution >= 0.6 is 0 Å². The summed E-state index contributed by atoms with van der Waals surface area (Å²) in [6, 6.07) is 0.546. The molecule has 3 atom stereocenters. The van der Waals surface area contributed by atoms with Gasteiger partial charge in [0.25, 0.3) is 0 Å². The standard InChI is InChI=1S/C15H25N3/c1-10-9-18(5)13(16-10)17-12-14(2,3)11-6-7-15(12,4)8-11/h9,11-12H,6-8H2,1-5H3,(H,16,17). The van der Waals surface area contributed by atoms with Gasteiger partial charge in [-0.2, -0.15) is 0 Å². The third kappa shape index (κ3) is 1.52. The van der Waals surface area contributed by atoms with Crippen LogP contribution in [0.15, 0.2) is 6.20 Å². The molecule has 100 valence electrons. The van der Waals surface area contributed by atoms with Gasteiger partial charge >= 0.3 is 0 Å². The number of aromatic nitrogens is 2. The lowest BCUT2D eigenvalue weighted by Crippen LogP contribution is -2.46. The number of aryl methyl sites for hydroxylation is 2. The van der Waals surface area contributed by atoms with E-state index in [-0.39, 0.29) is 0 Å². The molecule has 2 aliphatic rings. The number of fused-ring (bicyclic) bond motifs is 2. The Morgan fingerprint density at radius 2 is 2.11 bits per heavy atom. The number of hydrogen-bond donors (Lipinski definition) is 1. The largest absolute Gasteiger partial charge is 0.352 e. The van der Waals surface area contributed by atoms with Crippen LogP contribution in [0.3, 0.4) is 0 Å². The summed E-state index contributed by atoms with van der Waals surface area (Å²) in [5.41, 5.74) is 1.92. The fourth-order valence-corrected chi connectivity index (χ4v) is 4.54. The van der Waals surface area contributed by atoms with E-state index in [4.69, 9.17) is 0 Å². The first-order valence-corrected chi connectivity index (χ1v) is 7.09. The van der Waals surface area contributed by atoms with E-state index in [2.05, 4.69) is 55.8 Å². The predicted octanol–water partition coefficient (Wildman–Crippen LogP) is 3.36. The van der Waals surface area contributed by atoms with Gasteiger partial charge in [0.15, 0.2) is 0 Å². The summed E-state index contributed by atoms with van der Waals surface area (Å²) in [6.45, 7) is 9.36. The summed E-state index contributed by atoms with van der Waals surface area (Å²) in [5, 5.41) is 3.74. The Morgan fingerprint density at radius 1 is 1.39 bits per heavy atom. The molecule has 0 saturated heterocycles. The van der Waals surface area contributed by atoms with Crippen molar-refractivity contribution in [3.63, 3.8) is 0 Å². The fourth-order valence-electron chi connectivity index (χ4n) is 4.54. The van der Waals surface area contributed by atoms with E-state index in [1.165, 1.54) is 19.3 Å². The van der Waals surface area contributed by atoms with Gasteiger partial charge in [-0.1, -0.05) is 20.8 Å². The molecule has 0 amide bonds. The van der Waals surface area contributed by atoms with E-state index in [0.29, 0.717) is 16.9 Å². The van der Waals surface area contributed by atoms with Crippen molar-refractivity contribution in [3.05, 3.63) is 11.9 Å². The van der Waals surface area contributed by atoms with Crippen molar-refractivity contribution >= 4 is 5.95 Å². The second kappa shape index (κ2) is 3.52. The zero-order valence-electron chi connectivity index (χ0n) is 12.2. The first-order chi connectivity index (χ1) is 8.33. The maximum absolute atomic E-state index is 4.61. The van der Waals surface area contributed by atoms with E-state index < -0.39 is 0 Å². The highest BCUT2D eigenvalue weighted by molar-refractivity contribution is 5.34. The summed E-state index contributed by atoms with van der Waals surface area (Å²) in [7, 11) is 2.07. The first kappa shape index (κ1) is 12.1. The second-order valence-electron chi connectivity index (χ2n) is 7.31. The van der Waals surface area contributed by atoms with Crippen molar-refractivity contribution in [2.45, 2.75) is 53.0 Å². The van der Waals surface area contributed by atoms with Crippen LogP contribution in [-0.2, 0) is 7.05 Å². The van der Waals surface area contributed by atoms with Crippen molar-refractivity contribution in [1.82, 2.24) is 9.55 Å². The summed E-state index contributed by atoms with van der Waals surface area (Å²) in [6.07, 6.45) is 6.23. The number of nitrogens with one attached hydrogen (secondary N) is 1. The van der Waals surface area contributed by atoms with Crippen LogP contribution in [0, 0.1) is 23.7 Å². The summed E-state index contributed by atoms with van der Waals surface area (Å²) < 4.78 is 2.11. The van der Waals surface area contributed by atoms with Crippen LogP contribution in [0.2, 0.25) is 0 Å². The first-order valence-electron chi connectivity index (χ1n) is 7.09. The van der Waals surface area contributed by atoms with Gasteiger partial charge in [0.2, 0.25) is 5.95 Å². The Balaban J connectivity index is 1.90. The zero-order valence-corrected chi connectivity index (χ0v) is 12.2. The Hall–Kier alpha value is -0.990. The number of rotatable bonds is 2. The number of imidazole rings is 1. The van der Waals surface area contributed by atoms with Gasteiger partial charge in [-0.3, -0.25) is 0 Å². The minimum atomic E-state index is 0.382. The molecule has 1 aromatic heterocycles. The second-order valence-corrected chi connectivity index (χ2v) is 7.31. The summed E-state index contributed by atoms with van der Waals surface area (Å²) >= 11 is 0. The highest BCUT2D eigenvalue weighted by Crippen LogP contribution is 2.62. The molecule has 18 heavy (non-hydrogen) atoms. The molecule has 2 fully saturated rings. The molecule has 0 aliphatic heterocycles. The average molecular weight is 247 g/mol. The third-order valence-electron chi connectivity index (χ3n) is 5.54. The molecule has 3 rings (SSSR count). The maximum Gasteiger partial charge on any atom is 0.203 e. The molecule has 2 aliphatic carbocycles. The Labute approximate surface area is 110 Å². The molecular formula is C15H25N3. The highest BCUT2D eigenvalue weighted by atomic mass is 15.2. The maximum atomic E-state index is 4.61. The van der Waals surface area contributed by atoms with Gasteiger partial charge in [0.1, 0.15) is 0 Å². The average Bonchev–Trinajstić information content (AvgIpc) is 2.83. The lowest BCUT2D eigenvalue weighted by Gasteiger charge is -2.43. The van der Waals surface area contributed by atoms with Crippen LogP contribution in [0.5, 0.6) is 0 Å². The van der Waals surface area contributed by atoms with Crippen molar-refractivity contribution in [2.24, 2.45) is 23.8 Å². The van der Waals surface area contributed by atoms with Crippen LogP contribution < -0.4 is 5.32 Å². The van der Waals surface area contributed by atoms with Crippen LogP contribution in [0.4, 0.5) is 5.95 Å². The van der Waals surface area contributed by atoms with Crippen molar-refractivity contribution < 1.29 is 0 Å². The normalized spacial score (nSPS) is 37.2. The minimum Gasteiger partial charge on any atom is -0.352 e. The van der Waals surface area contributed by atoms with Crippen LogP contribution in [-0.4, -0.2) is 15.6 Å². The van der Waals surface area contributed by atoms with Gasteiger partial charge < -0.3 is 9.88 Å². The molecule has 3 nitrogen and oxygen atoms in total. The molecule has 2 bridgehead atoms. The number of nitrogens with zero attached hydrogens (tertiary/aromatic N) is 2. The smallest absolute Gasteiger partial charge is 0.203 e. The highest BCUT2D eigenvalue weighted by Gasteiger charge is 2.59. The topological polar surface area (TPSA) is 29.9 Å². The monoisotopic (exact) mass is 247 g/mol. The van der Waals surface area contributed by atoms with E-state index in [0.717, 1.165) is 17.6 Å². The molecule has 1 heterocycles. The number of hydrogen-bond acceptors (Lipinski definition) is 2. The molecule has 0 aromatic carbocycles. The van der Waals surface area contributed by atoms with Gasteiger partial charge in [-0.15, -0.1) is 0 Å². The van der Waals surface area contributed by atoms with Gasteiger partial charge in [0, 0.05) is 19.3 Å². The van der Waals surface area contributed by atoms with Crippen LogP contribution in [0.25, 0.3) is 0 Å². The summed E-state index contributed by atoms with van der Waals surface area (Å²) in [5.74, 6) is 1.90. The Bertz CT molecular complexity index is 469. The van der Waals surface area contributed by atoms with E-state index >= 15 is 0 Å². The molecule has 2 saturated carbocycles. The van der Waals surface area contributed by atoms with Crippen molar-refractivity contribution in [3.8, 4) is 0 Å². The van der Waals surface area contributed by atoms with Crippen molar-refractivity contribution in [2.75, 3.05) is 5.32 Å². The number of anilines is 1. The van der Waals surface area contributed by atoms with Crippen LogP contribution in [0.1, 0.15) is 45.7 Å². The lowest BCUT2D eigenvalue weighted by molar-refractivity contribution is 0.154. The molecule has 3 unspecified atom stereocenters. The van der Waals surface area contributed by atoms with Gasteiger partial charge in [-0.05, 0) is 42.9 Å². The quantitative estimate of drug-likeness (QED) is 0.868.